The molecule has 0 radical (unpaired) electrons. The highest BCUT2D eigenvalue weighted by Gasteiger charge is 2.31. The highest BCUT2D eigenvalue weighted by atomic mass is 35.5. The first-order valence-electron chi connectivity index (χ1n) is 8.99. The molecule has 0 bridgehead atoms. The van der Waals surface area contributed by atoms with Gasteiger partial charge in [-0.1, -0.05) is 29.8 Å². The second-order valence-corrected chi connectivity index (χ2v) is 8.24. The molecule has 7 heteroatoms. The Balaban J connectivity index is 1.34. The van der Waals surface area contributed by atoms with E-state index >= 15 is 0 Å². The first-order chi connectivity index (χ1) is 12.7. The van der Waals surface area contributed by atoms with Crippen LogP contribution in [0.2, 0.25) is 5.02 Å². The van der Waals surface area contributed by atoms with Crippen LogP contribution in [0.5, 0.6) is 0 Å². The minimum absolute atomic E-state index is 0.226. The Morgan fingerprint density at radius 3 is 2.73 bits per heavy atom. The molecule has 2 aromatic heterocycles. The van der Waals surface area contributed by atoms with Crippen molar-refractivity contribution in [2.24, 2.45) is 0 Å². The van der Waals surface area contributed by atoms with Gasteiger partial charge in [-0.15, -0.1) is 21.5 Å². The molecule has 1 aromatic carbocycles. The predicted molar refractivity (Wildman–Crippen MR) is 103 cm³/mol. The summed E-state index contributed by atoms with van der Waals surface area (Å²) in [4.78, 5) is 4.15. The van der Waals surface area contributed by atoms with E-state index in [1.165, 1.54) is 10.5 Å². The molecule has 3 aromatic rings. The fraction of sp³-hybridized carbons (Fsp3) is 0.368. The zero-order valence-electron chi connectivity index (χ0n) is 14.7. The summed E-state index contributed by atoms with van der Waals surface area (Å²) in [5.74, 6) is 1.37. The third-order valence-electron chi connectivity index (χ3n) is 5.10. The van der Waals surface area contributed by atoms with E-state index in [1.807, 2.05) is 29.6 Å². The molecule has 2 N–H and O–H groups in total. The van der Waals surface area contributed by atoms with Crippen LogP contribution in [0.3, 0.4) is 0 Å². The van der Waals surface area contributed by atoms with Crippen molar-refractivity contribution < 1.29 is 14.2 Å². The van der Waals surface area contributed by atoms with Crippen molar-refractivity contribution in [1.82, 2.24) is 10.2 Å². The summed E-state index contributed by atoms with van der Waals surface area (Å²) in [6.07, 6.45) is 0. The second kappa shape index (κ2) is 7.88. The number of thiophene rings is 1. The number of halogens is 1. The van der Waals surface area contributed by atoms with Gasteiger partial charge in [0.25, 0.3) is 11.8 Å². The van der Waals surface area contributed by atoms with Gasteiger partial charge in [0.1, 0.15) is 32.7 Å². The van der Waals surface area contributed by atoms with Crippen molar-refractivity contribution in [2.75, 3.05) is 26.2 Å². The van der Waals surface area contributed by atoms with Crippen LogP contribution in [0.15, 0.2) is 46.2 Å². The summed E-state index contributed by atoms with van der Waals surface area (Å²) in [5.41, 5.74) is 1.31. The number of aromatic nitrogens is 2. The smallest absolute Gasteiger partial charge is 0.274 e. The molecule has 1 aliphatic rings. The maximum absolute atomic E-state index is 6.10. The lowest BCUT2D eigenvalue weighted by molar-refractivity contribution is -1.03. The Labute approximate surface area is 162 Å². The molecular weight excluding hydrogens is 368 g/mol. The number of quaternary nitrogens is 2. The molecule has 1 fully saturated rings. The molecular formula is C19H23ClN4OS+2. The van der Waals surface area contributed by atoms with Gasteiger partial charge in [0.15, 0.2) is 6.04 Å². The third kappa shape index (κ3) is 3.99. The van der Waals surface area contributed by atoms with Crippen molar-refractivity contribution in [2.45, 2.75) is 19.5 Å². The van der Waals surface area contributed by atoms with Crippen LogP contribution in [0.1, 0.15) is 24.4 Å². The molecule has 0 spiro atoms. The Kier molecular flexibility index (Phi) is 5.36. The molecule has 0 unspecified atom stereocenters. The lowest BCUT2D eigenvalue weighted by Gasteiger charge is -2.32. The molecule has 1 atom stereocenters. The average Bonchev–Trinajstić information content (AvgIpc) is 3.33. The largest absolute Gasteiger partial charge is 0.414 e. The average molecular weight is 391 g/mol. The summed E-state index contributed by atoms with van der Waals surface area (Å²) < 4.78 is 5.92. The third-order valence-corrected chi connectivity index (χ3v) is 6.19. The first-order valence-corrected chi connectivity index (χ1v) is 10.2. The van der Waals surface area contributed by atoms with Crippen LogP contribution in [-0.2, 0) is 6.54 Å². The highest BCUT2D eigenvalue weighted by Crippen LogP contribution is 2.24. The molecule has 1 saturated heterocycles. The van der Waals surface area contributed by atoms with Crippen LogP contribution in [0.25, 0.3) is 10.8 Å². The van der Waals surface area contributed by atoms with E-state index in [4.69, 9.17) is 16.0 Å². The monoisotopic (exact) mass is 390 g/mol. The van der Waals surface area contributed by atoms with Crippen LogP contribution < -0.4 is 9.80 Å². The molecule has 5 nitrogen and oxygen atoms in total. The molecule has 4 rings (SSSR count). The van der Waals surface area contributed by atoms with Crippen molar-refractivity contribution in [3.05, 3.63) is 58.3 Å². The van der Waals surface area contributed by atoms with Gasteiger partial charge in [0.05, 0.1) is 4.88 Å². The number of piperazine rings is 1. The SMILES string of the molecule is C[C@H](c1nnc(-c2cccs2)o1)[NH+]1CC[NH+](Cc2cccc(Cl)c2)CC1. The van der Waals surface area contributed by atoms with Gasteiger partial charge in [-0.2, -0.15) is 0 Å². The van der Waals surface area contributed by atoms with Crippen molar-refractivity contribution >= 4 is 22.9 Å². The summed E-state index contributed by atoms with van der Waals surface area (Å²) in [6, 6.07) is 12.4. The molecule has 0 aliphatic carbocycles. The van der Waals surface area contributed by atoms with Crippen molar-refractivity contribution in [3.63, 3.8) is 0 Å². The molecule has 26 heavy (non-hydrogen) atoms. The number of rotatable bonds is 5. The van der Waals surface area contributed by atoms with Crippen LogP contribution >= 0.6 is 22.9 Å². The minimum Gasteiger partial charge on any atom is -0.414 e. The summed E-state index contributed by atoms with van der Waals surface area (Å²) in [6.45, 7) is 7.70. The van der Waals surface area contributed by atoms with Crippen molar-refractivity contribution in [3.8, 4) is 10.8 Å². The Morgan fingerprint density at radius 1 is 1.15 bits per heavy atom. The Bertz CT molecular complexity index is 843. The summed E-state index contributed by atoms with van der Waals surface area (Å²) in [7, 11) is 0. The first kappa shape index (κ1) is 17.7. The van der Waals surface area contributed by atoms with E-state index in [2.05, 4.69) is 29.3 Å². The van der Waals surface area contributed by atoms with E-state index in [0.29, 0.717) is 5.89 Å². The van der Waals surface area contributed by atoms with Crippen LogP contribution in [0.4, 0.5) is 0 Å². The van der Waals surface area contributed by atoms with Gasteiger partial charge in [-0.25, -0.2) is 0 Å². The molecule has 136 valence electrons. The van der Waals surface area contributed by atoms with Gasteiger partial charge >= 0.3 is 0 Å². The predicted octanol–water partition coefficient (Wildman–Crippen LogP) is 1.50. The normalized spacial score (nSPS) is 21.6. The minimum atomic E-state index is 0.226. The highest BCUT2D eigenvalue weighted by molar-refractivity contribution is 7.13. The summed E-state index contributed by atoms with van der Waals surface area (Å²) >= 11 is 7.72. The number of hydrogen-bond donors (Lipinski definition) is 2. The molecule has 3 heterocycles. The van der Waals surface area contributed by atoms with Gasteiger partial charge in [-0.05, 0) is 30.5 Å². The van der Waals surface area contributed by atoms with E-state index < -0.39 is 0 Å². The molecule has 0 amide bonds. The lowest BCUT2D eigenvalue weighted by atomic mass is 10.2. The quantitative estimate of drug-likeness (QED) is 0.694. The van der Waals surface area contributed by atoms with E-state index in [9.17, 15) is 0 Å². The van der Waals surface area contributed by atoms with E-state index in [-0.39, 0.29) is 6.04 Å². The number of nitrogens with one attached hydrogen (secondary N) is 2. The Morgan fingerprint density at radius 2 is 2.00 bits per heavy atom. The standard InChI is InChI=1S/C19H21ClN4OS/c1-14(18-21-22-19(25-18)17-6-3-11-26-17)24-9-7-23(8-10-24)13-15-4-2-5-16(20)12-15/h2-6,11-12,14H,7-10,13H2,1H3/p+2/t14-/m1/s1. The topological polar surface area (TPSA) is 47.8 Å². The fourth-order valence-corrected chi connectivity index (χ4v) is 4.41. The maximum atomic E-state index is 6.10. The molecule has 1 aliphatic heterocycles. The number of nitrogens with zero attached hydrogens (tertiary/aromatic N) is 2. The second-order valence-electron chi connectivity index (χ2n) is 6.86. The zero-order valence-corrected chi connectivity index (χ0v) is 16.3. The van der Waals surface area contributed by atoms with E-state index in [1.54, 1.807) is 16.2 Å². The number of benzene rings is 1. The van der Waals surface area contributed by atoms with Gasteiger partial charge in [-0.3, -0.25) is 0 Å². The number of hydrogen-bond acceptors (Lipinski definition) is 4. The fourth-order valence-electron chi connectivity index (χ4n) is 3.55. The summed E-state index contributed by atoms with van der Waals surface area (Å²) in [5, 5.41) is 11.3. The van der Waals surface area contributed by atoms with Gasteiger partial charge in [0, 0.05) is 10.6 Å². The Hall–Kier alpha value is -1.73. The van der Waals surface area contributed by atoms with Crippen LogP contribution in [-0.4, -0.2) is 36.4 Å². The van der Waals surface area contributed by atoms with Crippen LogP contribution in [0, 0.1) is 0 Å². The molecule has 0 saturated carbocycles. The lowest BCUT2D eigenvalue weighted by Crippen LogP contribution is -3.27. The zero-order chi connectivity index (χ0) is 17.9. The van der Waals surface area contributed by atoms with Crippen molar-refractivity contribution in [1.29, 1.82) is 0 Å². The van der Waals surface area contributed by atoms with E-state index in [0.717, 1.165) is 48.5 Å². The van der Waals surface area contributed by atoms with Gasteiger partial charge in [0.2, 0.25) is 0 Å². The van der Waals surface area contributed by atoms with Gasteiger partial charge < -0.3 is 14.2 Å². The maximum Gasteiger partial charge on any atom is 0.274 e.